The van der Waals surface area contributed by atoms with E-state index >= 15 is 4.39 Å². The lowest BCUT2D eigenvalue weighted by molar-refractivity contribution is -0.00302. The monoisotopic (exact) mass is 1850 g/mol. The van der Waals surface area contributed by atoms with Crippen molar-refractivity contribution in [1.29, 1.82) is 0 Å². The standard InChI is InChI=1S/C32H32F3N3O4.C24H28ClF2NO2Si.C24H26F3N3O2.C19H27FN2O4/c1-36(29-14-15-37(19-28(29)35)31(41)42-20-22-8-4-2-5-9-22)30(40)38-18-23(26-16-25(33)12-13-27(26)34)17-32(38,21-39)24-10-6-3-7-11-24;1-23(2,3)31(4,5)30-16-24(18-9-7-6-8-10-18)14-17(15-28(24)22(25)29)20-13-19(26)11-12-21(20)27;1-29(22-9-10-28-13-21(22)27)23(32)30-14-16(19-11-18(25)7-8-20(19)26)12-24(30,15-31)17-5-3-2-4-6-17;1-19(2,3)26-17(23)21(4)16-10-11-22(12-15(16)20)18(24)25-13-14-8-6-5-7-9-14/h2-13,16-17,28-29,39H,14-15,18-21H2,1H3;6-14H,15-16H2,1-5H3;2-8,11-12,21-22,28,31H,9-10,13-15H2,1H3;5-9,15-16H,10-13H2,1-4H3/t28-,29+,32-;24-;21-,22+,24-;15-,16+/m1111/s1. The van der Waals surface area contributed by atoms with Crippen LogP contribution < -0.4 is 5.32 Å². The van der Waals surface area contributed by atoms with Crippen LogP contribution in [-0.4, -0.2) is 236 Å². The molecule has 0 aliphatic carbocycles. The minimum Gasteiger partial charge on any atom is -0.445 e. The average molecular weight is 1860 g/mol. The Balaban J connectivity index is 0.000000171. The molecule has 0 radical (unpaired) electrons. The first kappa shape index (κ1) is 100. The van der Waals surface area contributed by atoms with Crippen LogP contribution in [0.4, 0.5) is 68.3 Å². The normalized spacial score (nSPS) is 22.0. The molecule has 3 fully saturated rings. The lowest BCUT2D eigenvalue weighted by Crippen LogP contribution is -2.59. The summed E-state index contributed by atoms with van der Waals surface area (Å²) in [7, 11) is 2.35. The fraction of sp³-hybridized carbons (Fsp3) is 0.394. The Kier molecular flexibility index (Phi) is 33.0. The predicted octanol–water partition coefficient (Wildman–Crippen LogP) is 19.2. The van der Waals surface area contributed by atoms with E-state index in [2.05, 4.69) is 39.2 Å². The molecule has 3 N–H and O–H groups in total. The van der Waals surface area contributed by atoms with Gasteiger partial charge in [-0.25, -0.2) is 63.5 Å². The van der Waals surface area contributed by atoms with Crippen molar-refractivity contribution in [3.8, 4) is 0 Å². The molecule has 131 heavy (non-hydrogen) atoms. The van der Waals surface area contributed by atoms with Gasteiger partial charge in [-0.05, 0) is 194 Å². The number of benzene rings is 8. The molecule has 8 aromatic carbocycles. The van der Waals surface area contributed by atoms with Gasteiger partial charge in [0, 0.05) is 77.1 Å². The number of hydrogen-bond acceptors (Lipinski definition) is 13. The fourth-order valence-electron chi connectivity index (χ4n) is 16.6. The van der Waals surface area contributed by atoms with Gasteiger partial charge in [0.15, 0.2) is 8.32 Å². The minimum absolute atomic E-state index is 0.0209. The first-order chi connectivity index (χ1) is 62.1. The highest BCUT2D eigenvalue weighted by Gasteiger charge is 2.52. The van der Waals surface area contributed by atoms with Gasteiger partial charge in [-0.2, -0.15) is 0 Å². The molecule has 6 aliphatic rings. The van der Waals surface area contributed by atoms with E-state index in [4.69, 9.17) is 30.2 Å². The van der Waals surface area contributed by atoms with Gasteiger partial charge in [-0.3, -0.25) is 4.79 Å². The third kappa shape index (κ3) is 23.7. The highest BCUT2D eigenvalue weighted by atomic mass is 35.5. The molecule has 6 aliphatic heterocycles. The number of hydrogen-bond donors (Lipinski definition) is 3. The minimum atomic E-state index is -2.18. The van der Waals surface area contributed by atoms with Crippen molar-refractivity contribution in [3.05, 3.63) is 304 Å². The maximum atomic E-state index is 15.5. The summed E-state index contributed by atoms with van der Waals surface area (Å²) in [4.78, 5) is 87.8. The van der Waals surface area contributed by atoms with Crippen LogP contribution in [-0.2, 0) is 48.5 Å². The smallest absolute Gasteiger partial charge is 0.410 e. The van der Waals surface area contributed by atoms with Gasteiger partial charge >= 0.3 is 35.7 Å². The summed E-state index contributed by atoms with van der Waals surface area (Å²) in [6.07, 6.45) is 0.0350. The molecule has 0 bridgehead atoms. The number of urea groups is 2. The number of carbonyl (C=O) groups excluding carboxylic acids is 6. The molecular formula is C99H113ClF9N9O12Si. The van der Waals surface area contributed by atoms with Crippen molar-refractivity contribution in [3.63, 3.8) is 0 Å². The zero-order chi connectivity index (χ0) is 95.1. The van der Waals surface area contributed by atoms with Crippen molar-refractivity contribution < 1.29 is 97.1 Å². The summed E-state index contributed by atoms with van der Waals surface area (Å²) >= 11 is 6.02. The molecule has 3 saturated heterocycles. The van der Waals surface area contributed by atoms with Gasteiger partial charge < -0.3 is 73.4 Å². The summed E-state index contributed by atoms with van der Waals surface area (Å²) in [6, 6.07) is 51.8. The Morgan fingerprint density at radius 1 is 0.473 bits per heavy atom. The maximum Gasteiger partial charge on any atom is 0.410 e. The third-order valence-electron chi connectivity index (χ3n) is 25.0. The van der Waals surface area contributed by atoms with Crippen LogP contribution in [0.15, 0.2) is 224 Å². The lowest BCUT2D eigenvalue weighted by atomic mass is 9.89. The Morgan fingerprint density at radius 3 is 1.16 bits per heavy atom. The van der Waals surface area contributed by atoms with Gasteiger partial charge in [0.25, 0.3) is 0 Å². The van der Waals surface area contributed by atoms with Crippen molar-refractivity contribution in [2.45, 2.75) is 151 Å². The van der Waals surface area contributed by atoms with E-state index in [1.54, 1.807) is 107 Å². The molecule has 14 rings (SSSR count). The predicted molar refractivity (Wildman–Crippen MR) is 486 cm³/mol. The van der Waals surface area contributed by atoms with E-state index < -0.39 is 151 Å². The van der Waals surface area contributed by atoms with Crippen molar-refractivity contribution in [1.82, 2.24) is 44.5 Å². The number of aliphatic hydroxyl groups is 2. The Labute approximate surface area is 764 Å². The van der Waals surface area contributed by atoms with Gasteiger partial charge in [-0.1, -0.05) is 172 Å². The van der Waals surface area contributed by atoms with E-state index in [-0.39, 0.29) is 93.8 Å². The molecule has 8 amide bonds. The van der Waals surface area contributed by atoms with Gasteiger partial charge in [0.05, 0.1) is 51.0 Å². The van der Waals surface area contributed by atoms with E-state index in [9.17, 15) is 74.1 Å². The first-order valence-corrected chi connectivity index (χ1v) is 46.5. The van der Waals surface area contributed by atoms with Crippen LogP contribution in [0.3, 0.4) is 0 Å². The number of alkyl halides is 3. The third-order valence-corrected chi connectivity index (χ3v) is 29.7. The summed E-state index contributed by atoms with van der Waals surface area (Å²) in [5.41, 5.74) is 0.639. The molecule has 21 nitrogen and oxygen atoms in total. The molecule has 6 heterocycles. The van der Waals surface area contributed by atoms with Crippen LogP contribution in [0.2, 0.25) is 18.1 Å². The largest absolute Gasteiger partial charge is 0.445 e. The SMILES string of the molecule is CC(C)(C)[Si](C)(C)OC[C@@]1(c2ccccc2)C=C(c2cc(F)ccc2F)CN1C(=O)Cl.CN(C(=O)N1CC(c2cc(F)ccc2F)=C[C@@]1(CO)c1ccccc1)[C@H]1CCN(C(=O)OCc2ccccc2)C[C@H]1F.CN(C(=O)N1CC(c2cc(F)ccc2F)=C[C@@]1(CO)c1ccccc1)[C@H]1CCNC[C@H]1F.CN(C(=O)OC(C)(C)C)[C@H]1CCN(C(=O)OCc2ccccc2)C[C@H]1F. The molecule has 0 saturated carbocycles. The zero-order valence-electron chi connectivity index (χ0n) is 75.2. The Morgan fingerprint density at radius 2 is 0.817 bits per heavy atom. The molecule has 0 unspecified atom stereocenters. The number of halogens is 10. The number of aliphatic hydroxyl groups excluding tert-OH is 2. The molecule has 8 aromatic rings. The number of carbonyl (C=O) groups is 6. The molecular weight excluding hydrogens is 1740 g/mol. The second-order valence-corrected chi connectivity index (χ2v) is 40.9. The number of nitrogens with one attached hydrogen (secondary N) is 1. The van der Waals surface area contributed by atoms with E-state index in [0.29, 0.717) is 53.8 Å². The molecule has 0 spiro atoms. The maximum absolute atomic E-state index is 15.5. The number of amides is 8. The highest BCUT2D eigenvalue weighted by Crippen LogP contribution is 2.48. The summed E-state index contributed by atoms with van der Waals surface area (Å²) in [6.45, 7) is 16.1. The average Bonchev–Trinajstić information content (AvgIpc) is 1.61. The van der Waals surface area contributed by atoms with Crippen LogP contribution in [0.1, 0.15) is 105 Å². The van der Waals surface area contributed by atoms with Gasteiger partial charge in [0.1, 0.15) is 88.8 Å². The Hall–Kier alpha value is -11.5. The van der Waals surface area contributed by atoms with Crippen molar-refractivity contribution in [2.24, 2.45) is 0 Å². The van der Waals surface area contributed by atoms with Crippen molar-refractivity contribution >= 4 is 72.3 Å². The van der Waals surface area contributed by atoms with Crippen LogP contribution in [0.5, 0.6) is 0 Å². The summed E-state index contributed by atoms with van der Waals surface area (Å²) in [5.74, 6) is -3.63. The van der Waals surface area contributed by atoms with E-state index in [1.165, 1.54) is 53.3 Å². The van der Waals surface area contributed by atoms with Gasteiger partial charge in [-0.15, -0.1) is 0 Å². The molecule has 32 heteroatoms. The van der Waals surface area contributed by atoms with E-state index in [0.717, 1.165) is 71.3 Å². The summed E-state index contributed by atoms with van der Waals surface area (Å²) < 4.78 is 153. The topological polar surface area (TPSA) is 218 Å². The number of nitrogens with zero attached hydrogens (tertiary/aromatic N) is 8. The number of likely N-dealkylation sites (tertiary alicyclic amines) is 2. The highest BCUT2D eigenvalue weighted by molar-refractivity contribution is 6.74. The van der Waals surface area contributed by atoms with E-state index in [1.807, 2.05) is 91.0 Å². The Bertz CT molecular complexity index is 5390. The lowest BCUT2D eigenvalue weighted by Gasteiger charge is -2.43. The number of rotatable bonds is 18. The first-order valence-electron chi connectivity index (χ1n) is 43.2. The van der Waals surface area contributed by atoms with Gasteiger partial charge in [0.2, 0.25) is 0 Å². The zero-order valence-corrected chi connectivity index (χ0v) is 76.9. The van der Waals surface area contributed by atoms with Crippen LogP contribution in [0, 0.1) is 34.9 Å². The number of piperidine rings is 3. The molecule has 9 atom stereocenters. The summed E-state index contributed by atoms with van der Waals surface area (Å²) in [5, 5.41) is 23.5. The second kappa shape index (κ2) is 43.3. The second-order valence-electron chi connectivity index (χ2n) is 35.8. The molecule has 0 aromatic heterocycles. The fourth-order valence-corrected chi connectivity index (χ4v) is 17.8. The van der Waals surface area contributed by atoms with Crippen molar-refractivity contribution in [2.75, 3.05) is 99.9 Å². The quantitative estimate of drug-likeness (QED) is 0.0240. The molecule has 700 valence electrons. The van der Waals surface area contributed by atoms with Crippen LogP contribution >= 0.6 is 11.6 Å². The van der Waals surface area contributed by atoms with Crippen LogP contribution in [0.25, 0.3) is 16.7 Å². The number of ether oxygens (including phenoxy) is 3.